The molecule has 1 amide bonds. The van der Waals surface area contributed by atoms with Gasteiger partial charge in [0.1, 0.15) is 11.4 Å². The second kappa shape index (κ2) is 8.11. The van der Waals surface area contributed by atoms with E-state index >= 15 is 0 Å². The van der Waals surface area contributed by atoms with Gasteiger partial charge in [-0.25, -0.2) is 23.3 Å². The fourth-order valence-corrected chi connectivity index (χ4v) is 3.90. The van der Waals surface area contributed by atoms with Crippen molar-refractivity contribution in [3.8, 4) is 0 Å². The van der Waals surface area contributed by atoms with E-state index in [2.05, 4.69) is 10.3 Å². The number of carbonyl (C=O) groups is 2. The first-order valence-corrected chi connectivity index (χ1v) is 10.7. The minimum atomic E-state index is -3.84. The van der Waals surface area contributed by atoms with Gasteiger partial charge in [0.05, 0.1) is 28.8 Å². The lowest BCUT2D eigenvalue weighted by Gasteiger charge is -2.08. The summed E-state index contributed by atoms with van der Waals surface area (Å²) in [5.41, 5.74) is -0.107. The Morgan fingerprint density at radius 2 is 1.97 bits per heavy atom. The van der Waals surface area contributed by atoms with Crippen LogP contribution < -0.4 is 16.0 Å². The number of rotatable bonds is 6. The Bertz CT molecular complexity index is 1250. The largest absolute Gasteiger partial charge is 0.462 e. The Balaban J connectivity index is 1.82. The Kier molecular flexibility index (Phi) is 5.77. The second-order valence-electron chi connectivity index (χ2n) is 5.85. The highest BCUT2D eigenvalue weighted by atomic mass is 32.2. The molecule has 12 heteroatoms. The number of sulfonamides is 1. The lowest BCUT2D eigenvalue weighted by molar-refractivity contribution is -0.116. The van der Waals surface area contributed by atoms with Gasteiger partial charge in [-0.05, 0) is 31.2 Å². The van der Waals surface area contributed by atoms with E-state index in [-0.39, 0.29) is 29.0 Å². The minimum absolute atomic E-state index is 0.0923. The van der Waals surface area contributed by atoms with Crippen LogP contribution in [-0.4, -0.2) is 36.5 Å². The minimum Gasteiger partial charge on any atom is -0.462 e. The zero-order valence-electron chi connectivity index (χ0n) is 15.1. The predicted molar refractivity (Wildman–Crippen MR) is 106 cm³/mol. The Hall–Kier alpha value is -3.09. The summed E-state index contributed by atoms with van der Waals surface area (Å²) in [4.78, 5) is 41.4. The van der Waals surface area contributed by atoms with Gasteiger partial charge in [0.15, 0.2) is 0 Å². The van der Waals surface area contributed by atoms with Crippen molar-refractivity contribution in [1.82, 2.24) is 9.55 Å². The summed E-state index contributed by atoms with van der Waals surface area (Å²) in [7, 11) is -3.84. The van der Waals surface area contributed by atoms with Crippen molar-refractivity contribution in [3.63, 3.8) is 0 Å². The third-order valence-electron chi connectivity index (χ3n) is 3.84. The van der Waals surface area contributed by atoms with Crippen molar-refractivity contribution >= 4 is 49.1 Å². The van der Waals surface area contributed by atoms with Crippen LogP contribution in [0.1, 0.15) is 17.3 Å². The summed E-state index contributed by atoms with van der Waals surface area (Å²) in [6.07, 6.45) is 1.22. The van der Waals surface area contributed by atoms with Gasteiger partial charge in [-0.1, -0.05) is 0 Å². The third-order valence-corrected chi connectivity index (χ3v) is 5.65. The molecule has 2 aromatic heterocycles. The van der Waals surface area contributed by atoms with Crippen molar-refractivity contribution in [2.75, 3.05) is 11.9 Å². The molecule has 0 fully saturated rings. The molecule has 0 aliphatic heterocycles. The number of aromatic nitrogens is 2. The summed E-state index contributed by atoms with van der Waals surface area (Å²) >= 11 is 1.13. The maximum absolute atomic E-state index is 12.7. The molecule has 3 rings (SSSR count). The summed E-state index contributed by atoms with van der Waals surface area (Å²) < 4.78 is 28.5. The lowest BCUT2D eigenvalue weighted by Crippen LogP contribution is -2.28. The number of hydrogen-bond donors (Lipinski definition) is 2. The van der Waals surface area contributed by atoms with Gasteiger partial charge in [0.25, 0.3) is 5.56 Å². The first-order valence-electron chi connectivity index (χ1n) is 8.27. The maximum Gasteiger partial charge on any atom is 0.339 e. The molecule has 29 heavy (non-hydrogen) atoms. The van der Waals surface area contributed by atoms with Gasteiger partial charge in [-0.15, -0.1) is 11.3 Å². The van der Waals surface area contributed by atoms with E-state index in [4.69, 9.17) is 9.88 Å². The van der Waals surface area contributed by atoms with Crippen molar-refractivity contribution in [1.29, 1.82) is 0 Å². The smallest absolute Gasteiger partial charge is 0.339 e. The highest BCUT2D eigenvalue weighted by Crippen LogP contribution is 2.21. The van der Waals surface area contributed by atoms with Crippen LogP contribution in [0.15, 0.2) is 45.7 Å². The van der Waals surface area contributed by atoms with E-state index in [9.17, 15) is 22.8 Å². The first kappa shape index (κ1) is 20.6. The molecular formula is C17H16N4O6S2. The summed E-state index contributed by atoms with van der Waals surface area (Å²) in [6, 6.07) is 5.25. The fraction of sp³-hybridized carbons (Fsp3) is 0.176. The summed E-state index contributed by atoms with van der Waals surface area (Å²) in [5.74, 6) is -1.17. The normalized spacial score (nSPS) is 11.4. The molecule has 1 aromatic carbocycles. The number of ether oxygens (including phenoxy) is 1. The van der Waals surface area contributed by atoms with Crippen LogP contribution in [-0.2, 0) is 26.1 Å². The number of nitrogens with two attached hydrogens (primary N) is 1. The molecule has 0 saturated heterocycles. The number of fused-ring (bicyclic) bond motifs is 1. The fourth-order valence-electron chi connectivity index (χ4n) is 2.52. The highest BCUT2D eigenvalue weighted by molar-refractivity contribution is 7.89. The lowest BCUT2D eigenvalue weighted by atomic mass is 10.2. The Morgan fingerprint density at radius 3 is 2.59 bits per heavy atom. The molecule has 0 bridgehead atoms. The molecule has 0 aliphatic rings. The van der Waals surface area contributed by atoms with Gasteiger partial charge in [0.2, 0.25) is 15.9 Å². The van der Waals surface area contributed by atoms with E-state index in [1.165, 1.54) is 36.0 Å². The zero-order chi connectivity index (χ0) is 21.2. The standard InChI is InChI=1S/C17H16N4O6S2/c1-2-27-17(24)12-8-28-15-14(12)16(23)21(9-19-15)7-13(22)20-10-3-5-11(6-4-10)29(18,25)26/h3-6,8-9H,2,7H2,1H3,(H,20,22)(H2,18,25,26). The zero-order valence-corrected chi connectivity index (χ0v) is 16.7. The SMILES string of the molecule is CCOC(=O)c1csc2ncn(CC(=O)Nc3ccc(S(N)(=O)=O)cc3)c(=O)c12. The number of anilines is 1. The molecule has 0 atom stereocenters. The van der Waals surface area contributed by atoms with E-state index in [0.29, 0.717) is 10.5 Å². The van der Waals surface area contributed by atoms with Crippen molar-refractivity contribution in [2.24, 2.45) is 5.14 Å². The third kappa shape index (κ3) is 4.50. The van der Waals surface area contributed by atoms with E-state index in [1.54, 1.807) is 6.92 Å². The van der Waals surface area contributed by atoms with Crippen LogP contribution in [0.2, 0.25) is 0 Å². The molecule has 152 valence electrons. The van der Waals surface area contributed by atoms with Gasteiger partial charge >= 0.3 is 5.97 Å². The first-order chi connectivity index (χ1) is 13.7. The molecule has 0 radical (unpaired) electrons. The quantitative estimate of drug-likeness (QED) is 0.545. The average Bonchev–Trinajstić information content (AvgIpc) is 3.09. The highest BCUT2D eigenvalue weighted by Gasteiger charge is 2.19. The summed E-state index contributed by atoms with van der Waals surface area (Å²) in [5, 5.41) is 9.16. The number of benzene rings is 1. The molecule has 0 unspecified atom stereocenters. The van der Waals surface area contributed by atoms with E-state index in [0.717, 1.165) is 15.9 Å². The number of thiophene rings is 1. The maximum atomic E-state index is 12.7. The number of amides is 1. The Morgan fingerprint density at radius 1 is 1.28 bits per heavy atom. The van der Waals surface area contributed by atoms with Crippen LogP contribution in [0, 0.1) is 0 Å². The van der Waals surface area contributed by atoms with Crippen LogP contribution in [0.5, 0.6) is 0 Å². The topological polar surface area (TPSA) is 150 Å². The number of primary sulfonamides is 1. The van der Waals surface area contributed by atoms with E-state index < -0.39 is 27.5 Å². The van der Waals surface area contributed by atoms with Crippen LogP contribution in [0.25, 0.3) is 10.2 Å². The second-order valence-corrected chi connectivity index (χ2v) is 8.26. The molecule has 0 saturated carbocycles. The van der Waals surface area contributed by atoms with Gasteiger partial charge in [0, 0.05) is 11.1 Å². The van der Waals surface area contributed by atoms with Crippen molar-refractivity contribution in [3.05, 3.63) is 51.9 Å². The van der Waals surface area contributed by atoms with E-state index in [1.807, 2.05) is 0 Å². The monoisotopic (exact) mass is 436 g/mol. The van der Waals surface area contributed by atoms with Crippen LogP contribution >= 0.6 is 11.3 Å². The number of nitrogens with zero attached hydrogens (tertiary/aromatic N) is 2. The van der Waals surface area contributed by atoms with Crippen LogP contribution in [0.4, 0.5) is 5.69 Å². The molecule has 0 aliphatic carbocycles. The molecular weight excluding hydrogens is 420 g/mol. The number of hydrogen-bond acceptors (Lipinski definition) is 8. The number of esters is 1. The van der Waals surface area contributed by atoms with Gasteiger partial charge in [-0.3, -0.25) is 14.2 Å². The molecule has 3 aromatic rings. The van der Waals surface area contributed by atoms with Gasteiger partial charge in [-0.2, -0.15) is 0 Å². The van der Waals surface area contributed by atoms with Crippen LogP contribution in [0.3, 0.4) is 0 Å². The molecule has 2 heterocycles. The Labute approximate surface area is 169 Å². The predicted octanol–water partition coefficient (Wildman–Crippen LogP) is 0.921. The molecule has 3 N–H and O–H groups in total. The molecule has 10 nitrogen and oxygen atoms in total. The summed E-state index contributed by atoms with van der Waals surface area (Å²) in [6.45, 7) is 1.47. The van der Waals surface area contributed by atoms with Crippen molar-refractivity contribution in [2.45, 2.75) is 18.4 Å². The number of carbonyl (C=O) groups excluding carboxylic acids is 2. The molecule has 0 spiro atoms. The van der Waals surface area contributed by atoms with Gasteiger partial charge < -0.3 is 10.1 Å². The number of nitrogens with one attached hydrogen (secondary N) is 1. The van der Waals surface area contributed by atoms with Crippen molar-refractivity contribution < 1.29 is 22.7 Å². The average molecular weight is 436 g/mol.